The molecule has 0 radical (unpaired) electrons. The lowest BCUT2D eigenvalue weighted by atomic mass is 10.2. The third-order valence-corrected chi connectivity index (χ3v) is 2.42. The average molecular weight is 273 g/mol. The van der Waals surface area contributed by atoms with Crippen LogP contribution in [0.1, 0.15) is 15.9 Å². The standard InChI is InChI=1S/C13H11N3O4/c17-11-4-3-9(12(18)6-11)7-14-15-13(19)10-2-1-5-16(20)8-10/h1-8,17-18H,(H,15,19). The molecule has 0 fully saturated rings. The molecule has 1 aromatic carbocycles. The van der Waals surface area contributed by atoms with Crippen molar-refractivity contribution in [3.63, 3.8) is 0 Å². The first-order chi connectivity index (χ1) is 9.56. The first-order valence-corrected chi connectivity index (χ1v) is 5.60. The molecular formula is C13H11N3O4. The van der Waals surface area contributed by atoms with Crippen LogP contribution in [0.4, 0.5) is 0 Å². The maximum Gasteiger partial charge on any atom is 0.277 e. The summed E-state index contributed by atoms with van der Waals surface area (Å²) >= 11 is 0. The number of carbonyl (C=O) groups excluding carboxylic acids is 1. The Kier molecular flexibility index (Phi) is 3.80. The molecule has 7 heteroatoms. The maximum absolute atomic E-state index is 11.6. The number of phenols is 2. The number of nitrogens with zero attached hydrogens (tertiary/aromatic N) is 2. The normalized spacial score (nSPS) is 10.6. The highest BCUT2D eigenvalue weighted by Crippen LogP contribution is 2.20. The van der Waals surface area contributed by atoms with Gasteiger partial charge in [0.15, 0.2) is 12.4 Å². The number of hydrogen-bond donors (Lipinski definition) is 3. The zero-order valence-electron chi connectivity index (χ0n) is 10.2. The van der Waals surface area contributed by atoms with Crippen LogP contribution in [0.25, 0.3) is 0 Å². The third-order valence-electron chi connectivity index (χ3n) is 2.42. The Bertz CT molecular complexity index is 670. The molecular weight excluding hydrogens is 262 g/mol. The van der Waals surface area contributed by atoms with Gasteiger partial charge in [0.1, 0.15) is 17.1 Å². The quantitative estimate of drug-likeness (QED) is 0.327. The second kappa shape index (κ2) is 5.70. The SMILES string of the molecule is O=C(NN=Cc1ccc(O)cc1O)c1ccc[n+]([O-])c1. The summed E-state index contributed by atoms with van der Waals surface area (Å²) in [5, 5.41) is 33.3. The van der Waals surface area contributed by atoms with Crippen LogP contribution in [-0.4, -0.2) is 22.3 Å². The molecule has 1 aromatic heterocycles. The molecule has 2 aromatic rings. The Labute approximate surface area is 114 Å². The van der Waals surface area contributed by atoms with Gasteiger partial charge in [-0.05, 0) is 18.2 Å². The van der Waals surface area contributed by atoms with Crippen LogP contribution in [0.5, 0.6) is 11.5 Å². The molecule has 0 aliphatic carbocycles. The van der Waals surface area contributed by atoms with Crippen LogP contribution in [-0.2, 0) is 0 Å². The fraction of sp³-hybridized carbons (Fsp3) is 0. The number of carbonyl (C=O) groups is 1. The predicted molar refractivity (Wildman–Crippen MR) is 70.2 cm³/mol. The fourth-order valence-corrected chi connectivity index (χ4v) is 1.46. The zero-order chi connectivity index (χ0) is 14.5. The van der Waals surface area contributed by atoms with E-state index in [4.69, 9.17) is 5.11 Å². The average Bonchev–Trinajstić information content (AvgIpc) is 2.41. The molecule has 0 spiro atoms. The minimum absolute atomic E-state index is 0.0760. The Morgan fingerprint density at radius 3 is 2.85 bits per heavy atom. The van der Waals surface area contributed by atoms with Crippen LogP contribution in [0, 0.1) is 5.21 Å². The summed E-state index contributed by atoms with van der Waals surface area (Å²) in [6, 6.07) is 6.88. The van der Waals surface area contributed by atoms with E-state index in [-0.39, 0.29) is 17.1 Å². The number of phenolic OH excluding ortho intramolecular Hbond substituents is 2. The molecule has 0 atom stereocenters. The summed E-state index contributed by atoms with van der Waals surface area (Å²) in [5.74, 6) is -0.794. The molecule has 7 nitrogen and oxygen atoms in total. The molecule has 2 rings (SSSR count). The van der Waals surface area contributed by atoms with E-state index in [1.54, 1.807) is 0 Å². The molecule has 0 aliphatic heterocycles. The van der Waals surface area contributed by atoms with Crippen molar-refractivity contribution in [1.82, 2.24) is 5.43 Å². The highest BCUT2D eigenvalue weighted by Gasteiger charge is 2.07. The zero-order valence-corrected chi connectivity index (χ0v) is 10.2. The van der Waals surface area contributed by atoms with Crippen molar-refractivity contribution < 1.29 is 19.7 Å². The number of benzene rings is 1. The Balaban J connectivity index is 2.04. The minimum atomic E-state index is -0.551. The summed E-state index contributed by atoms with van der Waals surface area (Å²) in [6.07, 6.45) is 3.60. The van der Waals surface area contributed by atoms with E-state index < -0.39 is 5.91 Å². The number of nitrogens with one attached hydrogen (secondary N) is 1. The van der Waals surface area contributed by atoms with E-state index in [9.17, 15) is 15.1 Å². The van der Waals surface area contributed by atoms with Gasteiger partial charge in [0.05, 0.1) is 6.21 Å². The van der Waals surface area contributed by atoms with Crippen molar-refractivity contribution in [3.05, 3.63) is 59.1 Å². The van der Waals surface area contributed by atoms with Crippen molar-refractivity contribution in [1.29, 1.82) is 0 Å². The van der Waals surface area contributed by atoms with E-state index in [1.807, 2.05) is 0 Å². The number of rotatable bonds is 3. The molecule has 0 bridgehead atoms. The second-order valence-electron chi connectivity index (χ2n) is 3.89. The topological polar surface area (TPSA) is 109 Å². The predicted octanol–water partition coefficient (Wildman–Crippen LogP) is 0.495. The summed E-state index contributed by atoms with van der Waals surface area (Å²) < 4.78 is 0.504. The lowest BCUT2D eigenvalue weighted by Gasteiger charge is -2.01. The monoisotopic (exact) mass is 273 g/mol. The first-order valence-electron chi connectivity index (χ1n) is 5.60. The number of hydrazone groups is 1. The molecule has 0 saturated carbocycles. The molecule has 3 N–H and O–H groups in total. The van der Waals surface area contributed by atoms with E-state index >= 15 is 0 Å². The van der Waals surface area contributed by atoms with Crippen molar-refractivity contribution in [2.24, 2.45) is 5.10 Å². The fourth-order valence-electron chi connectivity index (χ4n) is 1.46. The summed E-state index contributed by atoms with van der Waals surface area (Å²) in [4.78, 5) is 11.6. The van der Waals surface area contributed by atoms with Gasteiger partial charge in [0, 0.05) is 17.7 Å². The van der Waals surface area contributed by atoms with E-state index in [2.05, 4.69) is 10.5 Å². The minimum Gasteiger partial charge on any atom is -0.619 e. The lowest BCUT2D eigenvalue weighted by molar-refractivity contribution is -0.605. The largest absolute Gasteiger partial charge is 0.619 e. The highest BCUT2D eigenvalue weighted by atomic mass is 16.5. The highest BCUT2D eigenvalue weighted by molar-refractivity contribution is 5.94. The third kappa shape index (κ3) is 3.22. The van der Waals surface area contributed by atoms with Gasteiger partial charge in [-0.3, -0.25) is 4.79 Å². The van der Waals surface area contributed by atoms with E-state index in [0.29, 0.717) is 10.3 Å². The van der Waals surface area contributed by atoms with Gasteiger partial charge in [-0.1, -0.05) is 0 Å². The Morgan fingerprint density at radius 2 is 2.15 bits per heavy atom. The number of hydrogen-bond acceptors (Lipinski definition) is 5. The summed E-state index contributed by atoms with van der Waals surface area (Å²) in [7, 11) is 0. The first kappa shape index (κ1) is 13.3. The molecule has 0 saturated heterocycles. The molecule has 0 aliphatic rings. The van der Waals surface area contributed by atoms with Gasteiger partial charge in [0.2, 0.25) is 0 Å². The summed E-state index contributed by atoms with van der Waals surface area (Å²) in [6.45, 7) is 0. The molecule has 1 heterocycles. The smallest absolute Gasteiger partial charge is 0.277 e. The van der Waals surface area contributed by atoms with Crippen molar-refractivity contribution in [2.75, 3.05) is 0 Å². The van der Waals surface area contributed by atoms with Gasteiger partial charge in [0.25, 0.3) is 5.91 Å². The second-order valence-corrected chi connectivity index (χ2v) is 3.89. The molecule has 0 unspecified atom stereocenters. The number of aromatic nitrogens is 1. The van der Waals surface area contributed by atoms with Gasteiger partial charge in [-0.2, -0.15) is 9.83 Å². The van der Waals surface area contributed by atoms with Crippen molar-refractivity contribution in [3.8, 4) is 11.5 Å². The van der Waals surface area contributed by atoms with Gasteiger partial charge >= 0.3 is 0 Å². The van der Waals surface area contributed by atoms with Crippen LogP contribution < -0.4 is 10.2 Å². The van der Waals surface area contributed by atoms with Gasteiger partial charge in [-0.15, -0.1) is 0 Å². The number of pyridine rings is 1. The maximum atomic E-state index is 11.6. The van der Waals surface area contributed by atoms with Crippen LogP contribution in [0.3, 0.4) is 0 Å². The van der Waals surface area contributed by atoms with Crippen molar-refractivity contribution >= 4 is 12.1 Å². The molecule has 20 heavy (non-hydrogen) atoms. The van der Waals surface area contributed by atoms with E-state index in [1.165, 1.54) is 36.7 Å². The van der Waals surface area contributed by atoms with Gasteiger partial charge in [-0.25, -0.2) is 5.43 Å². The van der Waals surface area contributed by atoms with E-state index in [0.717, 1.165) is 12.3 Å². The summed E-state index contributed by atoms with van der Waals surface area (Å²) in [5.41, 5.74) is 2.71. The molecule has 1 amide bonds. The van der Waals surface area contributed by atoms with Crippen LogP contribution in [0.2, 0.25) is 0 Å². The lowest BCUT2D eigenvalue weighted by Crippen LogP contribution is -2.28. The van der Waals surface area contributed by atoms with Gasteiger partial charge < -0.3 is 15.4 Å². The number of amides is 1. The molecule has 102 valence electrons. The Morgan fingerprint density at radius 1 is 1.35 bits per heavy atom. The Hall–Kier alpha value is -3.09. The van der Waals surface area contributed by atoms with Crippen molar-refractivity contribution in [2.45, 2.75) is 0 Å². The number of aromatic hydroxyl groups is 2. The van der Waals surface area contributed by atoms with Crippen LogP contribution >= 0.6 is 0 Å². The van der Waals surface area contributed by atoms with Crippen LogP contribution in [0.15, 0.2) is 47.8 Å².